The van der Waals surface area contributed by atoms with E-state index < -0.39 is 6.43 Å². The predicted octanol–water partition coefficient (Wildman–Crippen LogP) is 1.45. The second-order valence-electron chi connectivity index (χ2n) is 3.52. The largest absolute Gasteiger partial charge is 0.385 e. The lowest BCUT2D eigenvalue weighted by atomic mass is 10.2. The molecular weight excluding hydrogens is 216 g/mol. The van der Waals surface area contributed by atoms with Crippen molar-refractivity contribution in [2.75, 3.05) is 13.7 Å². The highest BCUT2D eigenvalue weighted by Crippen LogP contribution is 2.15. The molecule has 1 rings (SSSR count). The number of halogens is 2. The zero-order valence-corrected chi connectivity index (χ0v) is 9.22. The van der Waals surface area contributed by atoms with Crippen LogP contribution in [0.15, 0.2) is 11.4 Å². The van der Waals surface area contributed by atoms with E-state index in [1.807, 2.05) is 0 Å². The van der Waals surface area contributed by atoms with Crippen LogP contribution in [0.25, 0.3) is 0 Å². The third kappa shape index (κ3) is 3.44. The van der Waals surface area contributed by atoms with Crippen molar-refractivity contribution in [1.82, 2.24) is 10.6 Å². The Kier molecular flexibility index (Phi) is 5.18. The molecule has 0 aromatic heterocycles. The zero-order chi connectivity index (χ0) is 12.0. The lowest BCUT2D eigenvalue weighted by Gasteiger charge is -2.26. The quantitative estimate of drug-likeness (QED) is 0.630. The summed E-state index contributed by atoms with van der Waals surface area (Å²) in [6.07, 6.45) is 0.501. The van der Waals surface area contributed by atoms with E-state index in [0.29, 0.717) is 13.0 Å². The van der Waals surface area contributed by atoms with Gasteiger partial charge in [0.25, 0.3) is 6.43 Å². The van der Waals surface area contributed by atoms with Crippen molar-refractivity contribution in [3.05, 3.63) is 11.4 Å². The summed E-state index contributed by atoms with van der Waals surface area (Å²) < 4.78 is 30.8. The van der Waals surface area contributed by atoms with Crippen LogP contribution in [0.5, 0.6) is 0 Å². The molecule has 0 aromatic rings. The fourth-order valence-corrected chi connectivity index (χ4v) is 1.57. The topological polar surface area (TPSA) is 57.1 Å². The van der Waals surface area contributed by atoms with E-state index >= 15 is 0 Å². The molecule has 0 bridgehead atoms. The van der Waals surface area contributed by atoms with Crippen LogP contribution in [-0.2, 0) is 4.74 Å². The Morgan fingerprint density at radius 3 is 2.69 bits per heavy atom. The maximum absolute atomic E-state index is 12.8. The van der Waals surface area contributed by atoms with Gasteiger partial charge in [0.1, 0.15) is 11.9 Å². The molecule has 1 atom stereocenters. The van der Waals surface area contributed by atoms with Crippen molar-refractivity contribution in [2.45, 2.75) is 31.9 Å². The number of ether oxygens (including phenoxy) is 1. The van der Waals surface area contributed by atoms with Gasteiger partial charge in [0, 0.05) is 19.9 Å². The number of allylic oxidation sites excluding steroid dienone is 2. The van der Waals surface area contributed by atoms with Gasteiger partial charge in [-0.2, -0.15) is 0 Å². The number of hydrogen-bond donors (Lipinski definition) is 3. The zero-order valence-electron chi connectivity index (χ0n) is 9.22. The smallest absolute Gasteiger partial charge is 0.280 e. The molecule has 1 aliphatic rings. The van der Waals surface area contributed by atoms with E-state index in [9.17, 15) is 8.78 Å². The fraction of sp³-hybridized carbons (Fsp3) is 0.700. The van der Waals surface area contributed by atoms with Crippen LogP contribution < -0.4 is 10.6 Å². The number of hydrogen-bond acceptors (Lipinski definition) is 4. The monoisotopic (exact) mass is 233 g/mol. The first kappa shape index (κ1) is 12.9. The number of nitrogens with one attached hydrogen (secondary N) is 3. The second-order valence-corrected chi connectivity index (χ2v) is 3.52. The molecule has 3 N–H and O–H groups in total. The number of alkyl halides is 2. The average Bonchev–Trinajstić information content (AvgIpc) is 2.30. The van der Waals surface area contributed by atoms with Crippen LogP contribution in [0, 0.1) is 5.41 Å². The molecule has 0 aliphatic carbocycles. The van der Waals surface area contributed by atoms with E-state index in [4.69, 9.17) is 10.1 Å². The Labute approximate surface area is 93.6 Å². The summed E-state index contributed by atoms with van der Waals surface area (Å²) in [5.74, 6) is 0. The Morgan fingerprint density at radius 1 is 1.50 bits per heavy atom. The van der Waals surface area contributed by atoms with Crippen LogP contribution in [0.1, 0.15) is 19.3 Å². The van der Waals surface area contributed by atoms with Gasteiger partial charge in [0.15, 0.2) is 0 Å². The third-order valence-corrected chi connectivity index (χ3v) is 2.42. The summed E-state index contributed by atoms with van der Waals surface area (Å²) in [4.78, 5) is 0. The number of rotatable bonds is 5. The summed E-state index contributed by atoms with van der Waals surface area (Å²) >= 11 is 0. The van der Waals surface area contributed by atoms with Gasteiger partial charge in [-0.3, -0.25) is 0 Å². The van der Waals surface area contributed by atoms with Crippen LogP contribution >= 0.6 is 0 Å². The van der Waals surface area contributed by atoms with Gasteiger partial charge in [-0.15, -0.1) is 0 Å². The molecule has 1 saturated heterocycles. The van der Waals surface area contributed by atoms with E-state index in [2.05, 4.69) is 10.6 Å². The van der Waals surface area contributed by atoms with Crippen molar-refractivity contribution in [2.24, 2.45) is 0 Å². The summed E-state index contributed by atoms with van der Waals surface area (Å²) in [6, 6.07) is 0. The van der Waals surface area contributed by atoms with Crippen molar-refractivity contribution >= 4 is 6.21 Å². The SMILES string of the molecule is CN/C(C=N)=C(/NC1CCCCO1)C(F)F. The third-order valence-electron chi connectivity index (χ3n) is 2.42. The molecule has 6 heteroatoms. The Balaban J connectivity index is 2.70. The maximum atomic E-state index is 12.8. The van der Waals surface area contributed by atoms with Gasteiger partial charge in [0.05, 0.1) is 5.70 Å². The van der Waals surface area contributed by atoms with E-state index in [0.717, 1.165) is 19.1 Å². The van der Waals surface area contributed by atoms with Crippen LogP contribution in [-0.4, -0.2) is 32.5 Å². The molecule has 1 unspecified atom stereocenters. The first-order valence-corrected chi connectivity index (χ1v) is 5.27. The normalized spacial score (nSPS) is 22.6. The van der Waals surface area contributed by atoms with Crippen molar-refractivity contribution < 1.29 is 13.5 Å². The Morgan fingerprint density at radius 2 is 2.25 bits per heavy atom. The van der Waals surface area contributed by atoms with E-state index in [1.165, 1.54) is 7.05 Å². The Hall–Kier alpha value is -1.17. The van der Waals surface area contributed by atoms with E-state index in [1.54, 1.807) is 0 Å². The fourth-order valence-electron chi connectivity index (χ4n) is 1.57. The van der Waals surface area contributed by atoms with Gasteiger partial charge in [-0.1, -0.05) is 0 Å². The lowest BCUT2D eigenvalue weighted by Crippen LogP contribution is -2.38. The molecule has 0 spiro atoms. The minimum absolute atomic E-state index is 0.0872. The molecule has 0 saturated carbocycles. The molecule has 16 heavy (non-hydrogen) atoms. The highest BCUT2D eigenvalue weighted by atomic mass is 19.3. The molecule has 0 radical (unpaired) electrons. The molecule has 4 nitrogen and oxygen atoms in total. The highest BCUT2D eigenvalue weighted by molar-refractivity contribution is 5.76. The maximum Gasteiger partial charge on any atom is 0.280 e. The van der Waals surface area contributed by atoms with E-state index in [-0.39, 0.29) is 17.6 Å². The molecule has 0 amide bonds. The molecule has 0 aromatic carbocycles. The first-order chi connectivity index (χ1) is 7.69. The van der Waals surface area contributed by atoms with Crippen molar-refractivity contribution in [3.8, 4) is 0 Å². The average molecular weight is 233 g/mol. The van der Waals surface area contributed by atoms with Crippen LogP contribution in [0.4, 0.5) is 8.78 Å². The van der Waals surface area contributed by atoms with Crippen LogP contribution in [0.3, 0.4) is 0 Å². The predicted molar refractivity (Wildman–Crippen MR) is 57.6 cm³/mol. The van der Waals surface area contributed by atoms with Gasteiger partial charge >= 0.3 is 0 Å². The van der Waals surface area contributed by atoms with Gasteiger partial charge in [0.2, 0.25) is 0 Å². The summed E-state index contributed by atoms with van der Waals surface area (Å²) in [7, 11) is 1.51. The van der Waals surface area contributed by atoms with Crippen molar-refractivity contribution in [1.29, 1.82) is 5.41 Å². The highest BCUT2D eigenvalue weighted by Gasteiger charge is 2.21. The summed E-state index contributed by atoms with van der Waals surface area (Å²) in [6.45, 7) is 0.591. The lowest BCUT2D eigenvalue weighted by molar-refractivity contribution is -0.00505. The Bertz CT molecular complexity index is 263. The second kappa shape index (κ2) is 6.42. The standard InChI is InChI=1S/C10H17F2N3O/c1-14-7(6-13)9(10(11)12)15-8-4-2-3-5-16-8/h6,8,10,13-15H,2-5H2,1H3/b9-7+,13-6?. The summed E-state index contributed by atoms with van der Waals surface area (Å²) in [5.41, 5.74) is -0.187. The molecule has 1 aliphatic heterocycles. The van der Waals surface area contributed by atoms with Crippen LogP contribution in [0.2, 0.25) is 0 Å². The minimum atomic E-state index is -2.64. The minimum Gasteiger partial charge on any atom is -0.385 e. The molecular formula is C10H17F2N3O. The molecule has 92 valence electrons. The summed E-state index contributed by atoms with van der Waals surface area (Å²) in [5, 5.41) is 12.3. The molecule has 1 fully saturated rings. The van der Waals surface area contributed by atoms with Gasteiger partial charge < -0.3 is 20.8 Å². The first-order valence-electron chi connectivity index (χ1n) is 5.27. The molecule has 1 heterocycles. The van der Waals surface area contributed by atoms with Gasteiger partial charge in [-0.05, 0) is 19.3 Å². The van der Waals surface area contributed by atoms with Gasteiger partial charge in [-0.25, -0.2) is 8.78 Å². The van der Waals surface area contributed by atoms with Crippen molar-refractivity contribution in [3.63, 3.8) is 0 Å².